The Kier molecular flexibility index (Phi) is 6.28. The van der Waals surface area contributed by atoms with Gasteiger partial charge >= 0.3 is 0 Å². The first-order valence-corrected chi connectivity index (χ1v) is 7.74. The molecule has 2 rings (SSSR count). The quantitative estimate of drug-likeness (QED) is 0.594. The molecular formula is C18H22N2O4. The summed E-state index contributed by atoms with van der Waals surface area (Å²) in [5.41, 5.74) is 1.88. The maximum absolute atomic E-state index is 11.0. The van der Waals surface area contributed by atoms with E-state index in [9.17, 15) is 15.2 Å². The summed E-state index contributed by atoms with van der Waals surface area (Å²) in [5.74, 6) is 0.614. The second-order valence-electron chi connectivity index (χ2n) is 5.61. The molecule has 2 aromatic rings. The Balaban J connectivity index is 2.27. The van der Waals surface area contributed by atoms with E-state index in [0.29, 0.717) is 18.7 Å². The van der Waals surface area contributed by atoms with Gasteiger partial charge in [-0.3, -0.25) is 15.0 Å². The summed E-state index contributed by atoms with van der Waals surface area (Å²) in [6, 6.07) is 14.5. The highest BCUT2D eigenvalue weighted by molar-refractivity contribution is 5.43. The minimum absolute atomic E-state index is 0.0140. The fourth-order valence-corrected chi connectivity index (χ4v) is 2.82. The molecule has 6 nitrogen and oxygen atoms in total. The third-order valence-electron chi connectivity index (χ3n) is 4.01. The Morgan fingerprint density at radius 1 is 1.25 bits per heavy atom. The van der Waals surface area contributed by atoms with E-state index in [0.717, 1.165) is 11.1 Å². The normalized spacial score (nSPS) is 12.2. The summed E-state index contributed by atoms with van der Waals surface area (Å²) in [7, 11) is 3.48. The highest BCUT2D eigenvalue weighted by atomic mass is 16.6. The van der Waals surface area contributed by atoms with Crippen LogP contribution in [0.5, 0.6) is 5.75 Å². The van der Waals surface area contributed by atoms with Gasteiger partial charge in [-0.1, -0.05) is 30.3 Å². The molecule has 0 fully saturated rings. The maximum Gasteiger partial charge on any atom is 0.270 e. The van der Waals surface area contributed by atoms with E-state index in [4.69, 9.17) is 4.74 Å². The summed E-state index contributed by atoms with van der Waals surface area (Å²) in [6.07, 6.45) is 0.581. The van der Waals surface area contributed by atoms with Crippen molar-refractivity contribution in [3.63, 3.8) is 0 Å². The monoisotopic (exact) mass is 330 g/mol. The highest BCUT2D eigenvalue weighted by Crippen LogP contribution is 2.29. The molecule has 6 heteroatoms. The summed E-state index contributed by atoms with van der Waals surface area (Å²) in [6.45, 7) is 0.542. The van der Waals surface area contributed by atoms with Gasteiger partial charge in [-0.15, -0.1) is 0 Å². The summed E-state index contributed by atoms with van der Waals surface area (Å²) < 4.78 is 5.33. The lowest BCUT2D eigenvalue weighted by molar-refractivity contribution is -0.385. The van der Waals surface area contributed by atoms with Gasteiger partial charge in [-0.2, -0.15) is 0 Å². The fourth-order valence-electron chi connectivity index (χ4n) is 2.82. The van der Waals surface area contributed by atoms with Crippen LogP contribution in [0, 0.1) is 10.1 Å². The van der Waals surface area contributed by atoms with Gasteiger partial charge in [0.15, 0.2) is 0 Å². The van der Waals surface area contributed by atoms with Crippen molar-refractivity contribution >= 4 is 5.69 Å². The number of hydrogen-bond acceptors (Lipinski definition) is 5. The predicted octanol–water partition coefficient (Wildman–Crippen LogP) is 3.16. The van der Waals surface area contributed by atoms with Crippen LogP contribution in [-0.4, -0.2) is 35.7 Å². The Hall–Kier alpha value is -2.44. The topological polar surface area (TPSA) is 75.8 Å². The van der Waals surface area contributed by atoms with Crippen LogP contribution in [0.3, 0.4) is 0 Å². The van der Waals surface area contributed by atoms with E-state index in [2.05, 4.69) is 4.90 Å². The lowest BCUT2D eigenvalue weighted by Gasteiger charge is -2.28. The maximum atomic E-state index is 11.0. The average Bonchev–Trinajstić information content (AvgIpc) is 2.60. The third kappa shape index (κ3) is 4.31. The molecule has 0 aliphatic rings. The zero-order valence-corrected chi connectivity index (χ0v) is 13.9. The Morgan fingerprint density at radius 3 is 2.54 bits per heavy atom. The number of nitrogens with zero attached hydrogens (tertiary/aromatic N) is 2. The van der Waals surface area contributed by atoms with Gasteiger partial charge in [-0.25, -0.2) is 0 Å². The number of aliphatic hydroxyl groups excluding tert-OH is 1. The second-order valence-corrected chi connectivity index (χ2v) is 5.61. The van der Waals surface area contributed by atoms with Crippen molar-refractivity contribution in [3.8, 4) is 5.75 Å². The predicted molar refractivity (Wildman–Crippen MR) is 92.0 cm³/mol. The molecule has 1 unspecified atom stereocenters. The van der Waals surface area contributed by atoms with Crippen molar-refractivity contribution in [2.75, 3.05) is 20.8 Å². The first kappa shape index (κ1) is 17.9. The summed E-state index contributed by atoms with van der Waals surface area (Å²) in [5, 5.41) is 20.4. The molecule has 0 radical (unpaired) electrons. The van der Waals surface area contributed by atoms with Gasteiger partial charge in [0.1, 0.15) is 5.75 Å². The summed E-state index contributed by atoms with van der Waals surface area (Å²) in [4.78, 5) is 12.7. The zero-order valence-electron chi connectivity index (χ0n) is 13.9. The van der Waals surface area contributed by atoms with Crippen molar-refractivity contribution in [2.45, 2.75) is 19.0 Å². The average molecular weight is 330 g/mol. The number of hydrogen-bond donors (Lipinski definition) is 1. The first-order valence-electron chi connectivity index (χ1n) is 7.74. The van der Waals surface area contributed by atoms with Gasteiger partial charge in [0.25, 0.3) is 5.69 Å². The first-order chi connectivity index (χ1) is 11.6. The Bertz CT molecular complexity index is 676. The molecule has 1 N–H and O–H groups in total. The van der Waals surface area contributed by atoms with Crippen LogP contribution in [0.15, 0.2) is 48.5 Å². The van der Waals surface area contributed by atoms with Crippen LogP contribution in [0.2, 0.25) is 0 Å². The van der Waals surface area contributed by atoms with Crippen molar-refractivity contribution in [1.29, 1.82) is 0 Å². The number of rotatable bonds is 8. The number of ether oxygens (including phenoxy) is 1. The molecule has 0 bridgehead atoms. The molecule has 0 saturated carbocycles. The smallest absolute Gasteiger partial charge is 0.270 e. The third-order valence-corrected chi connectivity index (χ3v) is 4.01. The highest BCUT2D eigenvalue weighted by Gasteiger charge is 2.19. The molecule has 0 heterocycles. The Labute approximate surface area is 141 Å². The Morgan fingerprint density at radius 2 is 1.96 bits per heavy atom. The van der Waals surface area contributed by atoms with Gasteiger partial charge in [0.2, 0.25) is 0 Å². The van der Waals surface area contributed by atoms with Crippen LogP contribution in [0.1, 0.15) is 23.6 Å². The lowest BCUT2D eigenvalue weighted by Crippen LogP contribution is -2.25. The molecule has 0 aromatic heterocycles. The molecule has 0 spiro atoms. The second kappa shape index (κ2) is 8.42. The minimum atomic E-state index is -0.411. The van der Waals surface area contributed by atoms with Gasteiger partial charge in [0.05, 0.1) is 12.0 Å². The minimum Gasteiger partial charge on any atom is -0.496 e. The lowest BCUT2D eigenvalue weighted by atomic mass is 10.0. The molecular weight excluding hydrogens is 308 g/mol. The van der Waals surface area contributed by atoms with Gasteiger partial charge in [-0.05, 0) is 25.1 Å². The van der Waals surface area contributed by atoms with E-state index in [1.165, 1.54) is 12.1 Å². The number of nitro benzene ring substituents is 1. The van der Waals surface area contributed by atoms with E-state index >= 15 is 0 Å². The van der Waals surface area contributed by atoms with E-state index in [1.807, 2.05) is 37.4 Å². The molecule has 24 heavy (non-hydrogen) atoms. The van der Waals surface area contributed by atoms with Gasteiger partial charge in [0, 0.05) is 36.9 Å². The molecule has 0 aliphatic heterocycles. The number of benzene rings is 2. The molecule has 128 valence electrons. The van der Waals surface area contributed by atoms with Crippen LogP contribution in [-0.2, 0) is 6.54 Å². The van der Waals surface area contributed by atoms with E-state index < -0.39 is 4.92 Å². The standard InChI is InChI=1S/C18H22N2O4/c1-19(17(10-11-21)14-6-4-3-5-7-14)13-15-12-16(20(22)23)8-9-18(15)24-2/h3-9,12,17,21H,10-11,13H2,1-2H3. The van der Waals surface area contributed by atoms with E-state index in [-0.39, 0.29) is 18.3 Å². The van der Waals surface area contributed by atoms with Gasteiger partial charge < -0.3 is 9.84 Å². The molecule has 0 saturated heterocycles. The number of methoxy groups -OCH3 is 1. The van der Waals surface area contributed by atoms with Crippen LogP contribution in [0.4, 0.5) is 5.69 Å². The van der Waals surface area contributed by atoms with Crippen molar-refractivity contribution in [3.05, 3.63) is 69.8 Å². The number of non-ortho nitro benzene ring substituents is 1. The van der Waals surface area contributed by atoms with Crippen LogP contribution in [0.25, 0.3) is 0 Å². The largest absolute Gasteiger partial charge is 0.496 e. The molecule has 2 aromatic carbocycles. The van der Waals surface area contributed by atoms with Crippen LogP contribution >= 0.6 is 0 Å². The SMILES string of the molecule is COc1ccc([N+](=O)[O-])cc1CN(C)C(CCO)c1ccccc1. The number of aliphatic hydroxyl groups is 1. The van der Waals surface area contributed by atoms with Crippen molar-refractivity contribution in [1.82, 2.24) is 4.90 Å². The van der Waals surface area contributed by atoms with E-state index in [1.54, 1.807) is 13.2 Å². The van der Waals surface area contributed by atoms with Crippen molar-refractivity contribution in [2.24, 2.45) is 0 Å². The van der Waals surface area contributed by atoms with Crippen molar-refractivity contribution < 1.29 is 14.8 Å². The molecule has 0 aliphatic carbocycles. The van der Waals surface area contributed by atoms with Crippen LogP contribution < -0.4 is 4.74 Å². The molecule has 1 atom stereocenters. The number of nitro groups is 1. The fraction of sp³-hybridized carbons (Fsp3) is 0.333. The zero-order chi connectivity index (χ0) is 17.5. The summed E-state index contributed by atoms with van der Waals surface area (Å²) >= 11 is 0. The molecule has 0 amide bonds.